The maximum atomic E-state index is 13.5. The van der Waals surface area contributed by atoms with E-state index in [4.69, 9.17) is 4.84 Å². The third-order valence-electron chi connectivity index (χ3n) is 5.68. The van der Waals surface area contributed by atoms with Gasteiger partial charge in [0.25, 0.3) is 0 Å². The summed E-state index contributed by atoms with van der Waals surface area (Å²) < 4.78 is 15.2. The number of benzene rings is 1. The van der Waals surface area contributed by atoms with Crippen LogP contribution in [0.5, 0.6) is 5.75 Å². The Balaban J connectivity index is 1.89. The fourth-order valence-electron chi connectivity index (χ4n) is 3.79. The lowest BCUT2D eigenvalue weighted by atomic mass is 9.94. The van der Waals surface area contributed by atoms with Gasteiger partial charge in [-0.2, -0.15) is 4.73 Å². The number of rotatable bonds is 10. The van der Waals surface area contributed by atoms with E-state index >= 15 is 0 Å². The number of nitrogens with zero attached hydrogens (tertiary/aromatic N) is 2. The molecule has 0 bridgehead atoms. The van der Waals surface area contributed by atoms with Crippen molar-refractivity contribution in [3.05, 3.63) is 95.3 Å². The minimum atomic E-state index is -0.416. The van der Waals surface area contributed by atoms with Gasteiger partial charge in [0.15, 0.2) is 0 Å². The van der Waals surface area contributed by atoms with Gasteiger partial charge in [0, 0.05) is 29.6 Å². The molecular formula is C27H31FN2O2. The van der Waals surface area contributed by atoms with Crippen molar-refractivity contribution in [2.45, 2.75) is 52.6 Å². The van der Waals surface area contributed by atoms with E-state index in [2.05, 4.69) is 31.5 Å². The molecule has 0 fully saturated rings. The predicted molar refractivity (Wildman–Crippen MR) is 128 cm³/mol. The van der Waals surface area contributed by atoms with Crippen LogP contribution in [0.1, 0.15) is 67.1 Å². The van der Waals surface area contributed by atoms with E-state index in [9.17, 15) is 9.50 Å². The van der Waals surface area contributed by atoms with E-state index in [-0.39, 0.29) is 12.4 Å². The number of phenols is 1. The zero-order valence-corrected chi connectivity index (χ0v) is 19.0. The molecule has 1 aromatic carbocycles. The van der Waals surface area contributed by atoms with Gasteiger partial charge >= 0.3 is 0 Å². The van der Waals surface area contributed by atoms with Gasteiger partial charge in [-0.1, -0.05) is 32.9 Å². The molecule has 0 spiro atoms. The third kappa shape index (κ3) is 5.47. The Hall–Kier alpha value is -3.34. The van der Waals surface area contributed by atoms with Crippen molar-refractivity contribution in [3.8, 4) is 5.75 Å². The molecule has 32 heavy (non-hydrogen) atoms. The molecule has 2 aromatic heterocycles. The first kappa shape index (κ1) is 23.3. The van der Waals surface area contributed by atoms with Gasteiger partial charge in [0.05, 0.1) is 5.69 Å². The Bertz CT molecular complexity index is 1100. The van der Waals surface area contributed by atoms with Crippen LogP contribution in [0.15, 0.2) is 61.4 Å². The Morgan fingerprint density at radius 3 is 2.78 bits per heavy atom. The van der Waals surface area contributed by atoms with Crippen LogP contribution in [0.2, 0.25) is 0 Å². The number of halogens is 1. The fourth-order valence-corrected chi connectivity index (χ4v) is 3.79. The highest BCUT2D eigenvalue weighted by molar-refractivity contribution is 5.87. The molecule has 0 aliphatic rings. The molecule has 3 aromatic rings. The summed E-state index contributed by atoms with van der Waals surface area (Å²) in [5, 5.41) is 9.96. The van der Waals surface area contributed by atoms with Crippen molar-refractivity contribution < 1.29 is 14.3 Å². The zero-order valence-electron chi connectivity index (χ0n) is 19.0. The predicted octanol–water partition coefficient (Wildman–Crippen LogP) is 6.69. The number of hydrogen-bond acceptors (Lipinski definition) is 3. The highest BCUT2D eigenvalue weighted by atomic mass is 19.1. The van der Waals surface area contributed by atoms with Crippen molar-refractivity contribution >= 4 is 11.6 Å². The van der Waals surface area contributed by atoms with Gasteiger partial charge in [-0.3, -0.25) is 4.98 Å². The largest absolute Gasteiger partial charge is 0.508 e. The smallest absolute Gasteiger partial charge is 0.143 e. The second kappa shape index (κ2) is 10.8. The van der Waals surface area contributed by atoms with Gasteiger partial charge < -0.3 is 9.94 Å². The Morgan fingerprint density at radius 1 is 1.25 bits per heavy atom. The molecular weight excluding hydrogens is 403 g/mol. The van der Waals surface area contributed by atoms with Crippen molar-refractivity contribution in [1.82, 2.24) is 9.71 Å². The molecule has 3 rings (SSSR count). The van der Waals surface area contributed by atoms with Crippen molar-refractivity contribution in [1.29, 1.82) is 0 Å². The fraction of sp³-hybridized carbons (Fsp3) is 0.296. The first-order valence-corrected chi connectivity index (χ1v) is 11.1. The van der Waals surface area contributed by atoms with E-state index in [1.807, 2.05) is 43.6 Å². The minimum absolute atomic E-state index is 0.000947. The topological polar surface area (TPSA) is 47.3 Å². The lowest BCUT2D eigenvalue weighted by molar-refractivity contribution is 0.0949. The maximum Gasteiger partial charge on any atom is 0.143 e. The van der Waals surface area contributed by atoms with Crippen LogP contribution >= 0.6 is 0 Å². The van der Waals surface area contributed by atoms with Crippen LogP contribution < -0.4 is 4.84 Å². The molecule has 0 aliphatic carbocycles. The molecule has 2 heterocycles. The number of allylic oxidation sites excluding steroid dienone is 2. The van der Waals surface area contributed by atoms with E-state index in [1.54, 1.807) is 4.73 Å². The summed E-state index contributed by atoms with van der Waals surface area (Å²) in [7, 11) is 0. The zero-order chi connectivity index (χ0) is 23.1. The number of pyridine rings is 1. The van der Waals surface area contributed by atoms with Crippen LogP contribution in [-0.4, -0.2) is 14.8 Å². The van der Waals surface area contributed by atoms with Crippen molar-refractivity contribution in [2.24, 2.45) is 0 Å². The monoisotopic (exact) mass is 434 g/mol. The second-order valence-electron chi connectivity index (χ2n) is 7.92. The van der Waals surface area contributed by atoms with Crippen LogP contribution in [0, 0.1) is 12.7 Å². The van der Waals surface area contributed by atoms with Crippen LogP contribution in [0.4, 0.5) is 4.39 Å². The minimum Gasteiger partial charge on any atom is -0.508 e. The summed E-state index contributed by atoms with van der Waals surface area (Å²) in [6.45, 7) is 10.4. The standard InChI is InChI=1S/C27H31FN2O2/c1-5-8-20(6-2)25-16-22(11-13-29-25)21(7-3)17-26-19(4)12-14-30(26)32-18-23-15-24(28)9-10-27(23)31/h7,9-17,20,31H,3,5-6,8,18H2,1-2,4H3/b21-17+. The Kier molecular flexibility index (Phi) is 7.87. The highest BCUT2D eigenvalue weighted by Crippen LogP contribution is 2.27. The molecule has 1 atom stereocenters. The van der Waals surface area contributed by atoms with Crippen molar-refractivity contribution in [3.63, 3.8) is 0 Å². The molecule has 0 saturated carbocycles. The van der Waals surface area contributed by atoms with Gasteiger partial charge in [-0.15, -0.1) is 0 Å². The molecule has 168 valence electrons. The highest BCUT2D eigenvalue weighted by Gasteiger charge is 2.13. The summed E-state index contributed by atoms with van der Waals surface area (Å²) >= 11 is 0. The van der Waals surface area contributed by atoms with Gasteiger partial charge in [0.1, 0.15) is 18.2 Å². The van der Waals surface area contributed by atoms with Crippen LogP contribution in [0.3, 0.4) is 0 Å². The summed E-state index contributed by atoms with van der Waals surface area (Å²) in [6.07, 6.45) is 10.8. The van der Waals surface area contributed by atoms with Crippen LogP contribution in [0.25, 0.3) is 11.6 Å². The molecule has 1 N–H and O–H groups in total. The van der Waals surface area contributed by atoms with Crippen molar-refractivity contribution in [2.75, 3.05) is 0 Å². The number of aromatic hydroxyl groups is 1. The Labute approximate surface area is 189 Å². The summed E-state index contributed by atoms with van der Waals surface area (Å²) in [5.41, 5.74) is 5.38. The normalized spacial score (nSPS) is 12.6. The average molecular weight is 435 g/mol. The van der Waals surface area contributed by atoms with Gasteiger partial charge in [-0.25, -0.2) is 4.39 Å². The van der Waals surface area contributed by atoms with E-state index in [0.29, 0.717) is 11.5 Å². The third-order valence-corrected chi connectivity index (χ3v) is 5.68. The SMILES string of the molecule is C=C/C(=C\c1c(C)ccn1OCc1cc(F)ccc1O)c1ccnc(C(CC)CCC)c1. The molecule has 0 aliphatic heterocycles. The van der Waals surface area contributed by atoms with E-state index in [0.717, 1.165) is 47.4 Å². The van der Waals surface area contributed by atoms with E-state index in [1.165, 1.54) is 18.2 Å². The number of hydrogen-bond donors (Lipinski definition) is 1. The molecule has 0 radical (unpaired) electrons. The first-order chi connectivity index (χ1) is 15.5. The first-order valence-electron chi connectivity index (χ1n) is 11.1. The second-order valence-corrected chi connectivity index (χ2v) is 7.92. The molecule has 0 saturated heterocycles. The molecule has 5 heteroatoms. The lowest BCUT2D eigenvalue weighted by Crippen LogP contribution is -2.12. The van der Waals surface area contributed by atoms with Gasteiger partial charge in [-0.05, 0) is 78.9 Å². The lowest BCUT2D eigenvalue weighted by Gasteiger charge is -2.15. The average Bonchev–Trinajstić information content (AvgIpc) is 3.15. The number of phenolic OH excluding ortho intramolecular Hbond substituents is 1. The molecule has 4 nitrogen and oxygen atoms in total. The summed E-state index contributed by atoms with van der Waals surface area (Å²) in [4.78, 5) is 10.5. The Morgan fingerprint density at radius 2 is 2.06 bits per heavy atom. The number of aromatic nitrogens is 2. The van der Waals surface area contributed by atoms with Crippen LogP contribution in [-0.2, 0) is 6.61 Å². The summed E-state index contributed by atoms with van der Waals surface area (Å²) in [5.74, 6) is 0.0287. The molecule has 0 amide bonds. The summed E-state index contributed by atoms with van der Waals surface area (Å²) in [6, 6.07) is 9.90. The quantitative estimate of drug-likeness (QED) is 0.362. The molecule has 1 unspecified atom stereocenters. The van der Waals surface area contributed by atoms with E-state index < -0.39 is 5.82 Å². The van der Waals surface area contributed by atoms with Gasteiger partial charge in [0.2, 0.25) is 0 Å². The number of aryl methyl sites for hydroxylation is 1. The maximum absolute atomic E-state index is 13.5.